The van der Waals surface area contributed by atoms with Crippen molar-refractivity contribution in [1.29, 1.82) is 0 Å². The molecule has 2 aliphatic rings. The first-order valence-corrected chi connectivity index (χ1v) is 6.46. The van der Waals surface area contributed by atoms with E-state index in [9.17, 15) is 0 Å². The zero-order chi connectivity index (χ0) is 10.5. The molecule has 0 aromatic heterocycles. The molecule has 0 amide bonds. The minimum absolute atomic E-state index is 0.740. The molecule has 4 atom stereocenters. The van der Waals surface area contributed by atoms with E-state index in [1.165, 1.54) is 19.3 Å². The number of hydrogen-bond donors (Lipinski definition) is 0. The summed E-state index contributed by atoms with van der Waals surface area (Å²) in [5.41, 5.74) is 0.740. The quantitative estimate of drug-likeness (QED) is 0.624. The van der Waals surface area contributed by atoms with E-state index in [0.717, 1.165) is 35.0 Å². The molecule has 0 aliphatic heterocycles. The highest BCUT2D eigenvalue weighted by Gasteiger charge is 2.51. The van der Waals surface area contributed by atoms with Crippen LogP contribution < -0.4 is 0 Å². The fourth-order valence-corrected chi connectivity index (χ4v) is 3.44. The Morgan fingerprint density at radius 1 is 1.21 bits per heavy atom. The molecule has 0 aromatic rings. The molecule has 2 fully saturated rings. The third-order valence-corrected chi connectivity index (χ3v) is 5.26. The predicted molar refractivity (Wildman–Crippen MR) is 62.1 cm³/mol. The minimum Gasteiger partial charge on any atom is -0.0625 e. The van der Waals surface area contributed by atoms with Crippen LogP contribution in [-0.4, -0.2) is 0 Å². The Bertz CT molecular complexity index is 212. The molecule has 2 aliphatic carbocycles. The first-order chi connectivity index (χ1) is 6.46. The van der Waals surface area contributed by atoms with E-state index in [4.69, 9.17) is 0 Å². The lowest BCUT2D eigenvalue weighted by molar-refractivity contribution is 0.312. The van der Waals surface area contributed by atoms with Crippen LogP contribution in [0.25, 0.3) is 0 Å². The van der Waals surface area contributed by atoms with Crippen LogP contribution in [0.15, 0.2) is 0 Å². The Labute approximate surface area is 89.5 Å². The van der Waals surface area contributed by atoms with Gasteiger partial charge in [-0.05, 0) is 54.3 Å². The molecule has 2 saturated carbocycles. The van der Waals surface area contributed by atoms with Crippen molar-refractivity contribution in [2.75, 3.05) is 0 Å². The third kappa shape index (κ3) is 1.73. The molecule has 0 nitrogen and oxygen atoms in total. The number of rotatable bonds is 4. The maximum atomic E-state index is 2.48. The molecule has 0 N–H and O–H groups in total. The van der Waals surface area contributed by atoms with Gasteiger partial charge in [0.1, 0.15) is 0 Å². The average Bonchev–Trinajstić information content (AvgIpc) is 2.93. The largest absolute Gasteiger partial charge is 0.0625 e. The lowest BCUT2D eigenvalue weighted by Crippen LogP contribution is -2.10. The topological polar surface area (TPSA) is 0 Å². The molecule has 2 rings (SSSR count). The van der Waals surface area contributed by atoms with Crippen molar-refractivity contribution in [2.24, 2.45) is 35.0 Å². The maximum Gasteiger partial charge on any atom is -0.0300 e. The summed E-state index contributed by atoms with van der Waals surface area (Å²) in [6, 6.07) is 0. The smallest absolute Gasteiger partial charge is 0.0300 e. The summed E-state index contributed by atoms with van der Waals surface area (Å²) in [4.78, 5) is 0. The minimum atomic E-state index is 0.740. The van der Waals surface area contributed by atoms with Crippen molar-refractivity contribution in [3.63, 3.8) is 0 Å². The molecule has 0 heteroatoms. The van der Waals surface area contributed by atoms with E-state index < -0.39 is 0 Å². The van der Waals surface area contributed by atoms with Gasteiger partial charge in [-0.15, -0.1) is 0 Å². The highest BCUT2D eigenvalue weighted by molar-refractivity contribution is 5.00. The lowest BCUT2D eigenvalue weighted by atomic mass is 9.87. The van der Waals surface area contributed by atoms with Gasteiger partial charge in [-0.2, -0.15) is 0 Å². The second-order valence-electron chi connectivity index (χ2n) is 6.64. The van der Waals surface area contributed by atoms with Gasteiger partial charge < -0.3 is 0 Å². The van der Waals surface area contributed by atoms with Crippen LogP contribution in [0, 0.1) is 35.0 Å². The Balaban J connectivity index is 1.82. The van der Waals surface area contributed by atoms with Crippen LogP contribution in [-0.2, 0) is 0 Å². The first kappa shape index (κ1) is 10.5. The van der Waals surface area contributed by atoms with Crippen molar-refractivity contribution < 1.29 is 0 Å². The third-order valence-electron chi connectivity index (χ3n) is 5.26. The second-order valence-corrected chi connectivity index (χ2v) is 6.64. The molecule has 14 heavy (non-hydrogen) atoms. The van der Waals surface area contributed by atoms with E-state index in [1.54, 1.807) is 0 Å². The molecule has 0 heterocycles. The Kier molecular flexibility index (Phi) is 2.44. The van der Waals surface area contributed by atoms with Crippen LogP contribution in [0.2, 0.25) is 0 Å². The Morgan fingerprint density at radius 3 is 2.14 bits per heavy atom. The highest BCUT2D eigenvalue weighted by Crippen LogP contribution is 2.59. The second kappa shape index (κ2) is 3.25. The van der Waals surface area contributed by atoms with Crippen molar-refractivity contribution in [3.8, 4) is 0 Å². The van der Waals surface area contributed by atoms with E-state index in [1.807, 2.05) is 0 Å². The first-order valence-electron chi connectivity index (χ1n) is 6.46. The predicted octanol–water partition coefficient (Wildman–Crippen LogP) is 4.35. The molecule has 4 unspecified atom stereocenters. The lowest BCUT2D eigenvalue weighted by Gasteiger charge is -2.18. The summed E-state index contributed by atoms with van der Waals surface area (Å²) in [7, 11) is 0. The zero-order valence-electron chi connectivity index (χ0n) is 10.5. The normalized spacial score (nSPS) is 41.1. The van der Waals surface area contributed by atoms with Crippen LogP contribution >= 0.6 is 0 Å². The molecule has 82 valence electrons. The highest BCUT2D eigenvalue weighted by atomic mass is 14.6. The van der Waals surface area contributed by atoms with Crippen molar-refractivity contribution in [2.45, 2.75) is 53.9 Å². The molecular weight excluding hydrogens is 168 g/mol. The standard InChI is InChI=1S/C14H26/c1-9(2)13-11(4)12(13)8-10(3)14(5)6-7-14/h9-13H,6-8H2,1-5H3. The fourth-order valence-electron chi connectivity index (χ4n) is 3.44. The summed E-state index contributed by atoms with van der Waals surface area (Å²) < 4.78 is 0. The Hall–Kier alpha value is 0. The van der Waals surface area contributed by atoms with E-state index in [2.05, 4.69) is 34.6 Å². The molecule has 0 aromatic carbocycles. The van der Waals surface area contributed by atoms with Crippen LogP contribution in [0.4, 0.5) is 0 Å². The van der Waals surface area contributed by atoms with Gasteiger partial charge in [0.25, 0.3) is 0 Å². The van der Waals surface area contributed by atoms with Gasteiger partial charge in [-0.3, -0.25) is 0 Å². The summed E-state index contributed by atoms with van der Waals surface area (Å²) in [6.07, 6.45) is 4.48. The molecule has 0 saturated heterocycles. The monoisotopic (exact) mass is 194 g/mol. The van der Waals surface area contributed by atoms with Crippen molar-refractivity contribution >= 4 is 0 Å². The van der Waals surface area contributed by atoms with Gasteiger partial charge in [0.2, 0.25) is 0 Å². The fraction of sp³-hybridized carbons (Fsp3) is 1.00. The van der Waals surface area contributed by atoms with Crippen LogP contribution in [0.1, 0.15) is 53.9 Å². The Morgan fingerprint density at radius 2 is 1.79 bits per heavy atom. The van der Waals surface area contributed by atoms with Gasteiger partial charge in [-0.1, -0.05) is 34.6 Å². The molecule has 0 radical (unpaired) electrons. The number of hydrogen-bond acceptors (Lipinski definition) is 0. The molecular formula is C14H26. The van der Waals surface area contributed by atoms with E-state index in [-0.39, 0.29) is 0 Å². The maximum absolute atomic E-state index is 2.48. The van der Waals surface area contributed by atoms with E-state index in [0.29, 0.717) is 0 Å². The van der Waals surface area contributed by atoms with E-state index >= 15 is 0 Å². The summed E-state index contributed by atoms with van der Waals surface area (Å²) in [5, 5.41) is 0. The van der Waals surface area contributed by atoms with Crippen molar-refractivity contribution in [1.82, 2.24) is 0 Å². The van der Waals surface area contributed by atoms with Crippen LogP contribution in [0.5, 0.6) is 0 Å². The van der Waals surface area contributed by atoms with Gasteiger partial charge in [0, 0.05) is 0 Å². The summed E-state index contributed by atoms with van der Waals surface area (Å²) in [5.74, 6) is 5.00. The average molecular weight is 194 g/mol. The SMILES string of the molecule is CC(C)C1C(C)C1CC(C)C1(C)CC1. The van der Waals surface area contributed by atoms with Gasteiger partial charge in [-0.25, -0.2) is 0 Å². The molecule has 0 spiro atoms. The summed E-state index contributed by atoms with van der Waals surface area (Å²) >= 11 is 0. The van der Waals surface area contributed by atoms with Gasteiger partial charge in [0.15, 0.2) is 0 Å². The zero-order valence-corrected chi connectivity index (χ0v) is 10.5. The van der Waals surface area contributed by atoms with Crippen LogP contribution in [0.3, 0.4) is 0 Å². The van der Waals surface area contributed by atoms with Crippen molar-refractivity contribution in [3.05, 3.63) is 0 Å². The van der Waals surface area contributed by atoms with Gasteiger partial charge in [0.05, 0.1) is 0 Å². The summed E-state index contributed by atoms with van der Waals surface area (Å²) in [6.45, 7) is 12.2. The molecule has 0 bridgehead atoms. The van der Waals surface area contributed by atoms with Gasteiger partial charge >= 0.3 is 0 Å².